The average molecular weight is 432 g/mol. The van der Waals surface area contributed by atoms with Crippen molar-refractivity contribution in [2.24, 2.45) is 0 Å². The first-order chi connectivity index (χ1) is 13.1. The zero-order valence-corrected chi connectivity index (χ0v) is 15.8. The second-order valence-electron chi connectivity index (χ2n) is 6.07. The monoisotopic (exact) mass is 431 g/mol. The van der Waals surface area contributed by atoms with E-state index in [0.29, 0.717) is 23.8 Å². The SMILES string of the molecule is O=C(CN1CCN(c2ccc(Cl)cc2)C1=O)Nc1cc(C(F)(F)F)ccc1Cl. The number of halogens is 5. The van der Waals surface area contributed by atoms with Crippen molar-refractivity contribution in [3.63, 3.8) is 0 Å². The number of nitrogens with one attached hydrogen (secondary N) is 1. The molecule has 1 aliphatic rings. The number of carbonyl (C=O) groups excluding carboxylic acids is 2. The summed E-state index contributed by atoms with van der Waals surface area (Å²) in [6.45, 7) is 0.360. The Balaban J connectivity index is 1.66. The maximum absolute atomic E-state index is 12.8. The Morgan fingerprint density at radius 2 is 1.75 bits per heavy atom. The van der Waals surface area contributed by atoms with E-state index in [1.54, 1.807) is 24.3 Å². The van der Waals surface area contributed by atoms with Crippen LogP contribution in [0, 0.1) is 0 Å². The van der Waals surface area contributed by atoms with Gasteiger partial charge in [0.1, 0.15) is 6.54 Å². The van der Waals surface area contributed by atoms with Gasteiger partial charge in [0.15, 0.2) is 0 Å². The van der Waals surface area contributed by atoms with E-state index < -0.39 is 17.6 Å². The Hall–Kier alpha value is -2.45. The summed E-state index contributed by atoms with van der Waals surface area (Å²) in [5.41, 5.74) is -0.459. The molecule has 0 bridgehead atoms. The van der Waals surface area contributed by atoms with Crippen molar-refractivity contribution in [3.05, 3.63) is 58.1 Å². The molecule has 0 aromatic heterocycles. The van der Waals surface area contributed by atoms with Gasteiger partial charge in [0.2, 0.25) is 5.91 Å². The van der Waals surface area contributed by atoms with Crippen LogP contribution in [-0.2, 0) is 11.0 Å². The van der Waals surface area contributed by atoms with Crippen molar-refractivity contribution in [2.45, 2.75) is 6.18 Å². The molecule has 3 rings (SSSR count). The molecule has 0 atom stereocenters. The highest BCUT2D eigenvalue weighted by atomic mass is 35.5. The van der Waals surface area contributed by atoms with Gasteiger partial charge in [-0.3, -0.25) is 9.69 Å². The van der Waals surface area contributed by atoms with Crippen molar-refractivity contribution >= 4 is 46.5 Å². The standard InChI is InChI=1S/C18H14Cl2F3N3O2/c19-12-2-4-13(5-3-12)26-8-7-25(17(26)28)10-16(27)24-15-9-11(18(21,22)23)1-6-14(15)20/h1-6,9H,7-8,10H2,(H,24,27). The lowest BCUT2D eigenvalue weighted by Gasteiger charge is -2.19. The number of benzene rings is 2. The molecule has 1 saturated heterocycles. The van der Waals surface area contributed by atoms with Gasteiger partial charge in [-0.25, -0.2) is 4.79 Å². The Morgan fingerprint density at radius 1 is 1.07 bits per heavy atom. The van der Waals surface area contributed by atoms with Crippen LogP contribution in [-0.4, -0.2) is 36.5 Å². The Bertz CT molecular complexity index is 904. The van der Waals surface area contributed by atoms with Gasteiger partial charge < -0.3 is 10.2 Å². The predicted molar refractivity (Wildman–Crippen MR) is 101 cm³/mol. The molecule has 1 heterocycles. The van der Waals surface area contributed by atoms with Crippen molar-refractivity contribution in [3.8, 4) is 0 Å². The summed E-state index contributed by atoms with van der Waals surface area (Å²) in [6, 6.07) is 8.93. The highest BCUT2D eigenvalue weighted by Crippen LogP contribution is 2.33. The van der Waals surface area contributed by atoms with E-state index in [4.69, 9.17) is 23.2 Å². The summed E-state index contributed by atoms with van der Waals surface area (Å²) in [4.78, 5) is 27.5. The lowest BCUT2D eigenvalue weighted by molar-refractivity contribution is -0.137. The molecule has 28 heavy (non-hydrogen) atoms. The molecular formula is C18H14Cl2F3N3O2. The van der Waals surface area contributed by atoms with Crippen LogP contribution in [0.25, 0.3) is 0 Å². The van der Waals surface area contributed by atoms with E-state index >= 15 is 0 Å². The average Bonchev–Trinajstić information content (AvgIpc) is 2.97. The maximum Gasteiger partial charge on any atom is 0.416 e. The van der Waals surface area contributed by atoms with Crippen molar-refractivity contribution in [1.29, 1.82) is 0 Å². The van der Waals surface area contributed by atoms with Crippen LogP contribution < -0.4 is 10.2 Å². The second kappa shape index (κ2) is 7.89. The predicted octanol–water partition coefficient (Wildman–Crippen LogP) is 4.89. The summed E-state index contributed by atoms with van der Waals surface area (Å²) in [5.74, 6) is -0.646. The number of hydrogen-bond acceptors (Lipinski definition) is 2. The molecule has 0 spiro atoms. The maximum atomic E-state index is 12.8. The van der Waals surface area contributed by atoms with Gasteiger partial charge in [0, 0.05) is 23.8 Å². The fourth-order valence-electron chi connectivity index (χ4n) is 2.75. The molecule has 2 aromatic carbocycles. The summed E-state index contributed by atoms with van der Waals surface area (Å²) >= 11 is 11.7. The molecule has 1 fully saturated rings. The van der Waals surface area contributed by atoms with Gasteiger partial charge in [-0.15, -0.1) is 0 Å². The normalized spacial score (nSPS) is 14.5. The molecule has 0 radical (unpaired) electrons. The molecule has 0 unspecified atom stereocenters. The van der Waals surface area contributed by atoms with Crippen molar-refractivity contribution in [2.75, 3.05) is 29.9 Å². The van der Waals surface area contributed by atoms with Crippen LogP contribution >= 0.6 is 23.2 Å². The first-order valence-electron chi connectivity index (χ1n) is 8.14. The molecule has 1 aliphatic heterocycles. The molecule has 1 N–H and O–H groups in total. The minimum absolute atomic E-state index is 0.0307. The van der Waals surface area contributed by atoms with Crippen LogP contribution in [0.5, 0.6) is 0 Å². The molecule has 148 valence electrons. The zero-order valence-electron chi connectivity index (χ0n) is 14.3. The minimum Gasteiger partial charge on any atom is -0.323 e. The highest BCUT2D eigenvalue weighted by Gasteiger charge is 2.32. The minimum atomic E-state index is -4.56. The van der Waals surface area contributed by atoms with Gasteiger partial charge in [0.05, 0.1) is 16.3 Å². The van der Waals surface area contributed by atoms with E-state index in [1.807, 2.05) is 0 Å². The quantitative estimate of drug-likeness (QED) is 0.748. The van der Waals surface area contributed by atoms with Crippen molar-refractivity contribution in [1.82, 2.24) is 4.90 Å². The first-order valence-corrected chi connectivity index (χ1v) is 8.89. The lowest BCUT2D eigenvalue weighted by Crippen LogP contribution is -2.37. The molecule has 3 amide bonds. The first kappa shape index (κ1) is 20.3. The van der Waals surface area contributed by atoms with Gasteiger partial charge in [-0.2, -0.15) is 13.2 Å². The molecular weight excluding hydrogens is 418 g/mol. The lowest BCUT2D eigenvalue weighted by atomic mass is 10.2. The number of urea groups is 1. The van der Waals surface area contributed by atoms with Gasteiger partial charge in [-0.05, 0) is 42.5 Å². The summed E-state index contributed by atoms with van der Waals surface area (Å²) in [7, 11) is 0. The van der Waals surface area contributed by atoms with Crippen LogP contribution in [0.3, 0.4) is 0 Å². The Labute approximate surface area is 168 Å². The summed E-state index contributed by atoms with van der Waals surface area (Å²) < 4.78 is 38.5. The van der Waals surface area contributed by atoms with E-state index in [-0.39, 0.29) is 23.3 Å². The largest absolute Gasteiger partial charge is 0.416 e. The molecule has 0 aliphatic carbocycles. The number of amides is 3. The highest BCUT2D eigenvalue weighted by molar-refractivity contribution is 6.33. The summed E-state index contributed by atoms with van der Waals surface area (Å²) in [5, 5.41) is 2.83. The van der Waals surface area contributed by atoms with Crippen LogP contribution in [0.15, 0.2) is 42.5 Å². The molecule has 0 saturated carbocycles. The third-order valence-electron chi connectivity index (χ3n) is 4.14. The smallest absolute Gasteiger partial charge is 0.323 e. The topological polar surface area (TPSA) is 52.7 Å². The zero-order chi connectivity index (χ0) is 20.5. The number of carbonyl (C=O) groups is 2. The van der Waals surface area contributed by atoms with E-state index in [2.05, 4.69) is 5.32 Å². The second-order valence-corrected chi connectivity index (χ2v) is 6.92. The molecule has 2 aromatic rings. The van der Waals surface area contributed by atoms with Gasteiger partial charge >= 0.3 is 12.2 Å². The number of alkyl halides is 3. The van der Waals surface area contributed by atoms with Gasteiger partial charge in [-0.1, -0.05) is 23.2 Å². The fraction of sp³-hybridized carbons (Fsp3) is 0.222. The van der Waals surface area contributed by atoms with Gasteiger partial charge in [0.25, 0.3) is 0 Å². The number of anilines is 2. The van der Waals surface area contributed by atoms with E-state index in [1.165, 1.54) is 9.80 Å². The molecule has 10 heteroatoms. The van der Waals surface area contributed by atoms with Crippen LogP contribution in [0.4, 0.5) is 29.3 Å². The molecule has 5 nitrogen and oxygen atoms in total. The van der Waals surface area contributed by atoms with E-state index in [0.717, 1.165) is 18.2 Å². The summed E-state index contributed by atoms with van der Waals surface area (Å²) in [6.07, 6.45) is -4.56. The Morgan fingerprint density at radius 3 is 2.39 bits per heavy atom. The number of rotatable bonds is 4. The van der Waals surface area contributed by atoms with Crippen LogP contribution in [0.2, 0.25) is 10.0 Å². The van der Waals surface area contributed by atoms with E-state index in [9.17, 15) is 22.8 Å². The third-order valence-corrected chi connectivity index (χ3v) is 4.72. The Kier molecular flexibility index (Phi) is 5.71. The number of nitrogens with zero attached hydrogens (tertiary/aromatic N) is 2. The number of hydrogen-bond donors (Lipinski definition) is 1. The van der Waals surface area contributed by atoms with Crippen molar-refractivity contribution < 1.29 is 22.8 Å². The fourth-order valence-corrected chi connectivity index (χ4v) is 3.04. The third kappa shape index (κ3) is 4.51. The van der Waals surface area contributed by atoms with Crippen LogP contribution in [0.1, 0.15) is 5.56 Å².